The summed E-state index contributed by atoms with van der Waals surface area (Å²) in [6.07, 6.45) is 2.62. The number of benzene rings is 2. The molecule has 35 heavy (non-hydrogen) atoms. The Bertz CT molecular complexity index is 1410. The Balaban J connectivity index is 1.41. The maximum absolute atomic E-state index is 9.98. The summed E-state index contributed by atoms with van der Waals surface area (Å²) >= 11 is 5.95. The van der Waals surface area contributed by atoms with Crippen LogP contribution in [0, 0.1) is 18.3 Å². The number of rotatable bonds is 7. The van der Waals surface area contributed by atoms with Crippen LogP contribution in [0.25, 0.3) is 16.7 Å². The summed E-state index contributed by atoms with van der Waals surface area (Å²) in [6.45, 7) is 11.2. The van der Waals surface area contributed by atoms with E-state index in [4.69, 9.17) is 21.3 Å². The summed E-state index contributed by atoms with van der Waals surface area (Å²) < 4.78 is 8.07. The number of piperazine rings is 1. The molecule has 1 aliphatic heterocycles. The topological polar surface area (TPSA) is 56.8 Å². The predicted octanol–water partition coefficient (Wildman–Crippen LogP) is 5.25. The van der Waals surface area contributed by atoms with Crippen molar-refractivity contribution in [2.45, 2.75) is 13.3 Å². The van der Waals surface area contributed by atoms with Gasteiger partial charge in [0.15, 0.2) is 5.65 Å². The average Bonchev–Trinajstić information content (AvgIpc) is 3.25. The highest BCUT2D eigenvalue weighted by molar-refractivity contribution is 6.30. The second-order valence-electron chi connectivity index (χ2n) is 8.80. The molecular formula is C28H28ClN5O. The van der Waals surface area contributed by atoms with Gasteiger partial charge in [-0.05, 0) is 55.3 Å². The number of aromatic nitrogens is 2. The summed E-state index contributed by atoms with van der Waals surface area (Å²) in [4.78, 5) is 9.71. The molecule has 4 aromatic rings. The minimum Gasteiger partial charge on any atom is -0.492 e. The van der Waals surface area contributed by atoms with E-state index < -0.39 is 0 Å². The second kappa shape index (κ2) is 9.99. The monoisotopic (exact) mass is 485 g/mol. The maximum atomic E-state index is 9.98. The van der Waals surface area contributed by atoms with Crippen LogP contribution in [0.2, 0.25) is 5.02 Å². The average molecular weight is 486 g/mol. The molecule has 0 aliphatic carbocycles. The van der Waals surface area contributed by atoms with Crippen molar-refractivity contribution in [3.63, 3.8) is 0 Å². The number of imidazole rings is 1. The molecule has 0 N–H and O–H groups in total. The lowest BCUT2D eigenvalue weighted by Gasteiger charge is -2.37. The first-order valence-corrected chi connectivity index (χ1v) is 12.3. The highest BCUT2D eigenvalue weighted by atomic mass is 35.5. The maximum Gasteiger partial charge on any atom is 0.157 e. The van der Waals surface area contributed by atoms with Crippen molar-refractivity contribution in [2.75, 3.05) is 44.2 Å². The Kier molecular flexibility index (Phi) is 6.63. The largest absolute Gasteiger partial charge is 0.492 e. The molecule has 0 unspecified atom stereocenters. The van der Waals surface area contributed by atoms with Crippen molar-refractivity contribution in [2.24, 2.45) is 0 Å². The molecule has 0 amide bonds. The first-order valence-electron chi connectivity index (χ1n) is 11.9. The molecule has 1 saturated heterocycles. The van der Waals surface area contributed by atoms with Crippen molar-refractivity contribution < 1.29 is 4.74 Å². The van der Waals surface area contributed by atoms with Gasteiger partial charge in [0.05, 0.1) is 16.6 Å². The van der Waals surface area contributed by atoms with Crippen molar-refractivity contribution in [1.29, 1.82) is 5.26 Å². The zero-order valence-electron chi connectivity index (χ0n) is 19.9. The number of nitriles is 1. The molecule has 7 heteroatoms. The minimum absolute atomic E-state index is 0.635. The first kappa shape index (κ1) is 23.2. The van der Waals surface area contributed by atoms with Gasteiger partial charge in [0.2, 0.25) is 0 Å². The standard InChI is InChI=1S/C28H28ClN5O/c1-3-6-23-20(2)24(19-30)27-31-25-7-4-5-8-26(25)34(27)28(23)33-15-13-32(14-16-33)17-18-35-22-11-9-21(29)10-12-22/h3-5,7-12H,1,6,13-18H2,2H3. The van der Waals surface area contributed by atoms with E-state index in [2.05, 4.69) is 32.9 Å². The third-order valence-corrected chi connectivity index (χ3v) is 6.97. The SMILES string of the molecule is C=CCc1c(C)c(C#N)c2nc3ccccc3n2c1N1CCN(CCOc2ccc(Cl)cc2)CC1. The Morgan fingerprint density at radius 2 is 1.86 bits per heavy atom. The number of ether oxygens (including phenoxy) is 1. The Morgan fingerprint density at radius 3 is 2.57 bits per heavy atom. The second-order valence-corrected chi connectivity index (χ2v) is 9.23. The molecule has 178 valence electrons. The van der Waals surface area contributed by atoms with Gasteiger partial charge in [0, 0.05) is 43.3 Å². The van der Waals surface area contributed by atoms with Crippen molar-refractivity contribution >= 4 is 34.1 Å². The zero-order chi connectivity index (χ0) is 24.4. The molecule has 0 saturated carbocycles. The van der Waals surface area contributed by atoms with Gasteiger partial charge >= 0.3 is 0 Å². The third-order valence-electron chi connectivity index (χ3n) is 6.72. The summed E-state index contributed by atoms with van der Waals surface area (Å²) in [7, 11) is 0. The number of fused-ring (bicyclic) bond motifs is 3. The summed E-state index contributed by atoms with van der Waals surface area (Å²) in [5, 5.41) is 10.7. The van der Waals surface area contributed by atoms with Crippen molar-refractivity contribution in [1.82, 2.24) is 14.3 Å². The highest BCUT2D eigenvalue weighted by Gasteiger charge is 2.26. The minimum atomic E-state index is 0.635. The van der Waals surface area contributed by atoms with Crippen LogP contribution in [0.5, 0.6) is 5.75 Å². The lowest BCUT2D eigenvalue weighted by Crippen LogP contribution is -2.48. The highest BCUT2D eigenvalue weighted by Crippen LogP contribution is 2.34. The lowest BCUT2D eigenvalue weighted by atomic mass is 10.0. The zero-order valence-corrected chi connectivity index (χ0v) is 20.6. The van der Waals surface area contributed by atoms with Gasteiger partial charge in [-0.2, -0.15) is 5.26 Å². The molecule has 2 aromatic carbocycles. The van der Waals surface area contributed by atoms with Crippen LogP contribution in [-0.4, -0.2) is 53.6 Å². The number of hydrogen-bond acceptors (Lipinski definition) is 5. The van der Waals surface area contributed by atoms with Crippen molar-refractivity contribution in [3.8, 4) is 11.8 Å². The quantitative estimate of drug-likeness (QED) is 0.334. The fourth-order valence-corrected chi connectivity index (χ4v) is 5.02. The number of halogens is 1. The summed E-state index contributed by atoms with van der Waals surface area (Å²) in [6, 6.07) is 18.0. The smallest absolute Gasteiger partial charge is 0.157 e. The predicted molar refractivity (Wildman–Crippen MR) is 142 cm³/mol. The number of pyridine rings is 1. The van der Waals surface area contributed by atoms with Crippen LogP contribution in [0.1, 0.15) is 16.7 Å². The van der Waals surface area contributed by atoms with E-state index in [1.807, 2.05) is 55.5 Å². The molecule has 0 radical (unpaired) electrons. The van der Waals surface area contributed by atoms with E-state index in [-0.39, 0.29) is 0 Å². The van der Waals surface area contributed by atoms with Crippen LogP contribution >= 0.6 is 11.6 Å². The molecule has 6 nitrogen and oxygen atoms in total. The van der Waals surface area contributed by atoms with Gasteiger partial charge in [0.1, 0.15) is 24.2 Å². The van der Waals surface area contributed by atoms with Gasteiger partial charge in [-0.3, -0.25) is 9.30 Å². The summed E-state index contributed by atoms with van der Waals surface area (Å²) in [5.41, 5.74) is 5.43. The van der Waals surface area contributed by atoms with Gasteiger partial charge in [-0.25, -0.2) is 4.98 Å². The normalized spacial score (nSPS) is 14.4. The molecular weight excluding hydrogens is 458 g/mol. The molecule has 0 atom stereocenters. The number of nitrogens with zero attached hydrogens (tertiary/aromatic N) is 5. The fraction of sp³-hybridized carbons (Fsp3) is 0.286. The van der Waals surface area contributed by atoms with E-state index >= 15 is 0 Å². The first-order chi connectivity index (χ1) is 17.1. The van der Waals surface area contributed by atoms with Gasteiger partial charge < -0.3 is 9.64 Å². The van der Waals surface area contributed by atoms with E-state index in [0.717, 1.165) is 72.1 Å². The van der Waals surface area contributed by atoms with E-state index in [0.29, 0.717) is 23.6 Å². The lowest BCUT2D eigenvalue weighted by molar-refractivity contribution is 0.200. The Morgan fingerprint density at radius 1 is 1.11 bits per heavy atom. The third kappa shape index (κ3) is 4.45. The molecule has 1 fully saturated rings. The van der Waals surface area contributed by atoms with Crippen LogP contribution in [0.15, 0.2) is 61.2 Å². The van der Waals surface area contributed by atoms with Crippen LogP contribution in [0.4, 0.5) is 5.82 Å². The molecule has 0 bridgehead atoms. The van der Waals surface area contributed by atoms with E-state index in [1.165, 1.54) is 0 Å². The molecule has 3 heterocycles. The number of allylic oxidation sites excluding steroid dienone is 1. The van der Waals surface area contributed by atoms with Gasteiger partial charge in [-0.15, -0.1) is 6.58 Å². The van der Waals surface area contributed by atoms with Crippen molar-refractivity contribution in [3.05, 3.63) is 82.9 Å². The Hall–Kier alpha value is -3.53. The van der Waals surface area contributed by atoms with Crippen LogP contribution in [-0.2, 0) is 6.42 Å². The van der Waals surface area contributed by atoms with Crippen LogP contribution in [0.3, 0.4) is 0 Å². The van der Waals surface area contributed by atoms with E-state index in [9.17, 15) is 5.26 Å². The molecule has 5 rings (SSSR count). The number of para-hydroxylation sites is 2. The summed E-state index contributed by atoms with van der Waals surface area (Å²) in [5.74, 6) is 1.96. The molecule has 0 spiro atoms. The van der Waals surface area contributed by atoms with Gasteiger partial charge in [-0.1, -0.05) is 29.8 Å². The van der Waals surface area contributed by atoms with E-state index in [1.54, 1.807) is 0 Å². The van der Waals surface area contributed by atoms with Gasteiger partial charge in [0.25, 0.3) is 0 Å². The van der Waals surface area contributed by atoms with Crippen LogP contribution < -0.4 is 9.64 Å². The Labute approximate surface area is 210 Å². The number of hydrogen-bond donors (Lipinski definition) is 0. The fourth-order valence-electron chi connectivity index (χ4n) is 4.89. The molecule has 1 aliphatic rings. The number of anilines is 1. The molecule has 2 aromatic heterocycles.